The van der Waals surface area contributed by atoms with Gasteiger partial charge in [-0.2, -0.15) is 0 Å². The van der Waals surface area contributed by atoms with E-state index in [-0.39, 0.29) is 18.4 Å². The fourth-order valence-corrected chi connectivity index (χ4v) is 2.63. The van der Waals surface area contributed by atoms with E-state index in [1.807, 2.05) is 0 Å². The van der Waals surface area contributed by atoms with Crippen LogP contribution >= 0.6 is 0 Å². The Hall–Kier alpha value is -2.02. The first kappa shape index (κ1) is 14.9. The van der Waals surface area contributed by atoms with Crippen molar-refractivity contribution in [3.05, 3.63) is 23.8 Å². The molecule has 0 radical (unpaired) electrons. The minimum absolute atomic E-state index is 0.166. The van der Waals surface area contributed by atoms with E-state index < -0.39 is 5.60 Å². The lowest BCUT2D eigenvalue weighted by molar-refractivity contribution is -0.153. The number of morpholine rings is 1. The maximum atomic E-state index is 12.6. The van der Waals surface area contributed by atoms with Crippen LogP contribution in [-0.4, -0.2) is 59.0 Å². The summed E-state index contributed by atoms with van der Waals surface area (Å²) in [6.45, 7) is 2.69. The molecule has 0 spiro atoms. The van der Waals surface area contributed by atoms with Gasteiger partial charge in [0, 0.05) is 31.9 Å². The van der Waals surface area contributed by atoms with Gasteiger partial charge in [0.05, 0.1) is 18.7 Å². The van der Waals surface area contributed by atoms with Gasteiger partial charge in [-0.1, -0.05) is 0 Å². The van der Waals surface area contributed by atoms with Crippen LogP contribution in [0.2, 0.25) is 0 Å². The first-order chi connectivity index (χ1) is 10.5. The van der Waals surface area contributed by atoms with Crippen LogP contribution in [0.4, 0.5) is 0 Å². The zero-order valence-electron chi connectivity index (χ0n) is 12.8. The third kappa shape index (κ3) is 2.81. The van der Waals surface area contributed by atoms with E-state index in [0.29, 0.717) is 24.6 Å². The number of ether oxygens (including phenoxy) is 1. The van der Waals surface area contributed by atoms with E-state index in [0.717, 1.165) is 18.7 Å². The Labute approximate surface area is 129 Å². The third-order valence-corrected chi connectivity index (χ3v) is 4.13. The fourth-order valence-electron chi connectivity index (χ4n) is 2.63. The van der Waals surface area contributed by atoms with Gasteiger partial charge in [0.1, 0.15) is 5.82 Å². The molecule has 1 aliphatic heterocycles. The number of aromatic nitrogens is 2. The van der Waals surface area contributed by atoms with Crippen LogP contribution in [0, 0.1) is 0 Å². The van der Waals surface area contributed by atoms with E-state index in [1.54, 1.807) is 31.3 Å². The molecule has 2 fully saturated rings. The molecular weight excluding hydrogens is 284 g/mol. The van der Waals surface area contributed by atoms with Gasteiger partial charge >= 0.3 is 0 Å². The highest BCUT2D eigenvalue weighted by Gasteiger charge is 2.40. The SMILES string of the molecule is CNC(=O)[C@]1(C)CN(C(=O)c2cnc(C3CC3)nc2)CCO1. The molecule has 1 N–H and O–H groups in total. The number of likely N-dealkylation sites (N-methyl/N-ethyl adjacent to an activating group) is 1. The Morgan fingerprint density at radius 3 is 2.64 bits per heavy atom. The second kappa shape index (κ2) is 5.64. The number of carbonyl (C=O) groups excluding carboxylic acids is 2. The topological polar surface area (TPSA) is 84.4 Å². The molecule has 1 aromatic rings. The molecule has 0 aromatic carbocycles. The lowest BCUT2D eigenvalue weighted by Crippen LogP contribution is -2.58. The lowest BCUT2D eigenvalue weighted by atomic mass is 10.0. The van der Waals surface area contributed by atoms with Gasteiger partial charge in [-0.25, -0.2) is 9.97 Å². The average molecular weight is 304 g/mol. The van der Waals surface area contributed by atoms with Crippen LogP contribution in [0.5, 0.6) is 0 Å². The third-order valence-electron chi connectivity index (χ3n) is 4.13. The average Bonchev–Trinajstić information content (AvgIpc) is 3.38. The zero-order valence-corrected chi connectivity index (χ0v) is 12.8. The number of hydrogen-bond acceptors (Lipinski definition) is 5. The van der Waals surface area contributed by atoms with Crippen molar-refractivity contribution in [3.63, 3.8) is 0 Å². The Bertz CT molecular complexity index is 585. The zero-order chi connectivity index (χ0) is 15.7. The van der Waals surface area contributed by atoms with Crippen LogP contribution in [-0.2, 0) is 9.53 Å². The lowest BCUT2D eigenvalue weighted by Gasteiger charge is -2.38. The van der Waals surface area contributed by atoms with Gasteiger partial charge in [0.2, 0.25) is 0 Å². The molecule has 1 saturated heterocycles. The van der Waals surface area contributed by atoms with Crippen LogP contribution in [0.15, 0.2) is 12.4 Å². The second-order valence-electron chi connectivity index (χ2n) is 5.99. The summed E-state index contributed by atoms with van der Waals surface area (Å²) < 4.78 is 5.56. The molecule has 2 heterocycles. The molecule has 1 aliphatic carbocycles. The maximum absolute atomic E-state index is 12.6. The van der Waals surface area contributed by atoms with E-state index in [9.17, 15) is 9.59 Å². The standard InChI is InChI=1S/C15H20N4O3/c1-15(14(21)16-2)9-19(5-6-22-15)13(20)11-7-17-12(18-8-11)10-3-4-10/h7-8,10H,3-6,9H2,1-2H3,(H,16,21)/t15-/m0/s1. The Morgan fingerprint density at radius 1 is 1.36 bits per heavy atom. The number of amides is 2. The summed E-state index contributed by atoms with van der Waals surface area (Å²) in [5.41, 5.74) is -0.567. The molecule has 0 bridgehead atoms. The summed E-state index contributed by atoms with van der Waals surface area (Å²) in [6.07, 6.45) is 5.41. The van der Waals surface area contributed by atoms with Crippen molar-refractivity contribution in [3.8, 4) is 0 Å². The van der Waals surface area contributed by atoms with Crippen molar-refractivity contribution in [2.45, 2.75) is 31.3 Å². The summed E-state index contributed by atoms with van der Waals surface area (Å²) in [7, 11) is 1.56. The summed E-state index contributed by atoms with van der Waals surface area (Å²) in [6, 6.07) is 0. The summed E-state index contributed by atoms with van der Waals surface area (Å²) in [5.74, 6) is 0.879. The summed E-state index contributed by atoms with van der Waals surface area (Å²) in [5, 5.41) is 2.57. The minimum Gasteiger partial charge on any atom is -0.362 e. The predicted molar refractivity (Wildman–Crippen MR) is 78.3 cm³/mol. The minimum atomic E-state index is -1.02. The number of rotatable bonds is 3. The van der Waals surface area contributed by atoms with Gasteiger partial charge in [-0.3, -0.25) is 9.59 Å². The molecule has 7 heteroatoms. The van der Waals surface area contributed by atoms with Crippen LogP contribution in [0.1, 0.15) is 41.9 Å². The van der Waals surface area contributed by atoms with Gasteiger partial charge in [0.15, 0.2) is 5.60 Å². The highest BCUT2D eigenvalue weighted by Crippen LogP contribution is 2.37. The van der Waals surface area contributed by atoms with Gasteiger partial charge in [0.25, 0.3) is 11.8 Å². The van der Waals surface area contributed by atoms with Crippen molar-refractivity contribution in [1.29, 1.82) is 0 Å². The molecule has 2 aliphatic rings. The van der Waals surface area contributed by atoms with Crippen LogP contribution < -0.4 is 5.32 Å². The number of nitrogens with zero attached hydrogens (tertiary/aromatic N) is 3. The Balaban J connectivity index is 1.72. The molecule has 22 heavy (non-hydrogen) atoms. The highest BCUT2D eigenvalue weighted by atomic mass is 16.5. The van der Waals surface area contributed by atoms with Crippen molar-refractivity contribution < 1.29 is 14.3 Å². The Morgan fingerprint density at radius 2 is 2.05 bits per heavy atom. The van der Waals surface area contributed by atoms with Crippen molar-refractivity contribution >= 4 is 11.8 Å². The molecule has 1 saturated carbocycles. The normalized spacial score (nSPS) is 24.9. The second-order valence-corrected chi connectivity index (χ2v) is 5.99. The molecule has 118 valence electrons. The summed E-state index contributed by atoms with van der Waals surface area (Å²) >= 11 is 0. The number of hydrogen-bond donors (Lipinski definition) is 1. The number of carbonyl (C=O) groups is 2. The molecule has 0 unspecified atom stereocenters. The first-order valence-electron chi connectivity index (χ1n) is 7.51. The van der Waals surface area contributed by atoms with Gasteiger partial charge in [-0.05, 0) is 19.8 Å². The molecule has 7 nitrogen and oxygen atoms in total. The molecule has 1 atom stereocenters. The van der Waals surface area contributed by atoms with Crippen LogP contribution in [0.3, 0.4) is 0 Å². The highest BCUT2D eigenvalue weighted by molar-refractivity contribution is 5.94. The van der Waals surface area contributed by atoms with Crippen LogP contribution in [0.25, 0.3) is 0 Å². The first-order valence-corrected chi connectivity index (χ1v) is 7.51. The Kier molecular flexibility index (Phi) is 3.82. The molecule has 1 aromatic heterocycles. The van der Waals surface area contributed by atoms with E-state index in [4.69, 9.17) is 4.74 Å². The van der Waals surface area contributed by atoms with Crippen molar-refractivity contribution in [1.82, 2.24) is 20.2 Å². The number of nitrogens with one attached hydrogen (secondary N) is 1. The predicted octanol–water partition coefficient (Wildman–Crippen LogP) is 0.331. The largest absolute Gasteiger partial charge is 0.362 e. The molecule has 2 amide bonds. The van der Waals surface area contributed by atoms with E-state index in [1.165, 1.54) is 0 Å². The summed E-state index contributed by atoms with van der Waals surface area (Å²) in [4.78, 5) is 34.6. The molecule has 3 rings (SSSR count). The van der Waals surface area contributed by atoms with Gasteiger partial charge < -0.3 is 15.0 Å². The van der Waals surface area contributed by atoms with E-state index in [2.05, 4.69) is 15.3 Å². The smallest absolute Gasteiger partial charge is 0.257 e. The maximum Gasteiger partial charge on any atom is 0.257 e. The van der Waals surface area contributed by atoms with Crippen molar-refractivity contribution in [2.24, 2.45) is 0 Å². The van der Waals surface area contributed by atoms with E-state index >= 15 is 0 Å². The quantitative estimate of drug-likeness (QED) is 0.870. The van der Waals surface area contributed by atoms with Crippen molar-refractivity contribution in [2.75, 3.05) is 26.7 Å². The van der Waals surface area contributed by atoms with Gasteiger partial charge in [-0.15, -0.1) is 0 Å². The molecular formula is C15H20N4O3. The fraction of sp³-hybridized carbons (Fsp3) is 0.600. The monoisotopic (exact) mass is 304 g/mol.